The molecular weight excluding hydrogens is 236 g/mol. The maximum absolute atomic E-state index is 8.91. The molecule has 0 atom stereocenters. The predicted octanol–water partition coefficient (Wildman–Crippen LogP) is 3.23. The van der Waals surface area contributed by atoms with Crippen LogP contribution in [-0.2, 0) is 12.8 Å². The second kappa shape index (κ2) is 7.59. The standard InChI is InChI=1S/C17H20O2/c18-12-11-16-8-4-10-17(14-16)19-13-5-9-15-6-2-1-3-7-15/h1-4,6-8,10,14,18H,5,9,11-13H2. The van der Waals surface area contributed by atoms with E-state index in [0.29, 0.717) is 6.42 Å². The molecule has 0 radical (unpaired) electrons. The Hall–Kier alpha value is -1.80. The molecule has 0 amide bonds. The van der Waals surface area contributed by atoms with E-state index in [9.17, 15) is 0 Å². The van der Waals surface area contributed by atoms with E-state index in [2.05, 4.69) is 24.3 Å². The van der Waals surface area contributed by atoms with Crippen molar-refractivity contribution in [3.8, 4) is 5.75 Å². The highest BCUT2D eigenvalue weighted by Gasteiger charge is 1.97. The number of aliphatic hydroxyl groups is 1. The third kappa shape index (κ3) is 4.76. The van der Waals surface area contributed by atoms with Gasteiger partial charge in [0.25, 0.3) is 0 Å². The molecule has 19 heavy (non-hydrogen) atoms. The van der Waals surface area contributed by atoms with Crippen LogP contribution in [0.2, 0.25) is 0 Å². The quantitative estimate of drug-likeness (QED) is 0.771. The van der Waals surface area contributed by atoms with Gasteiger partial charge >= 0.3 is 0 Å². The van der Waals surface area contributed by atoms with Crippen molar-refractivity contribution < 1.29 is 9.84 Å². The summed E-state index contributed by atoms with van der Waals surface area (Å²) in [4.78, 5) is 0. The molecule has 0 heterocycles. The number of hydrogen-bond donors (Lipinski definition) is 1. The highest BCUT2D eigenvalue weighted by Crippen LogP contribution is 2.14. The van der Waals surface area contributed by atoms with Crippen LogP contribution in [0.5, 0.6) is 5.75 Å². The van der Waals surface area contributed by atoms with Crippen molar-refractivity contribution >= 4 is 0 Å². The van der Waals surface area contributed by atoms with Crippen LogP contribution in [0.3, 0.4) is 0 Å². The minimum absolute atomic E-state index is 0.178. The first kappa shape index (κ1) is 13.6. The minimum Gasteiger partial charge on any atom is -0.494 e. The maximum Gasteiger partial charge on any atom is 0.119 e. The molecular formula is C17H20O2. The van der Waals surface area contributed by atoms with Crippen LogP contribution >= 0.6 is 0 Å². The fraction of sp³-hybridized carbons (Fsp3) is 0.294. The molecule has 2 aromatic carbocycles. The van der Waals surface area contributed by atoms with Crippen molar-refractivity contribution in [2.75, 3.05) is 13.2 Å². The van der Waals surface area contributed by atoms with Crippen LogP contribution in [0.4, 0.5) is 0 Å². The number of rotatable bonds is 7. The van der Waals surface area contributed by atoms with Gasteiger partial charge in [-0.15, -0.1) is 0 Å². The molecule has 100 valence electrons. The first-order valence-electron chi connectivity index (χ1n) is 6.75. The van der Waals surface area contributed by atoms with Crippen LogP contribution < -0.4 is 4.74 Å². The number of hydrogen-bond acceptors (Lipinski definition) is 2. The van der Waals surface area contributed by atoms with Crippen molar-refractivity contribution in [1.82, 2.24) is 0 Å². The lowest BCUT2D eigenvalue weighted by molar-refractivity contribution is 0.297. The van der Waals surface area contributed by atoms with Gasteiger partial charge in [-0.05, 0) is 42.5 Å². The zero-order valence-corrected chi connectivity index (χ0v) is 11.1. The Kier molecular flexibility index (Phi) is 5.45. The molecule has 0 aromatic heterocycles. The summed E-state index contributed by atoms with van der Waals surface area (Å²) in [5, 5.41) is 8.91. The Morgan fingerprint density at radius 2 is 1.63 bits per heavy atom. The number of aliphatic hydroxyl groups excluding tert-OH is 1. The average molecular weight is 256 g/mol. The average Bonchev–Trinajstić information content (AvgIpc) is 2.46. The number of aryl methyl sites for hydroxylation is 1. The maximum atomic E-state index is 8.91. The van der Waals surface area contributed by atoms with Crippen molar-refractivity contribution in [2.24, 2.45) is 0 Å². The summed E-state index contributed by atoms with van der Waals surface area (Å²) < 4.78 is 5.73. The van der Waals surface area contributed by atoms with Crippen LogP contribution in [0.25, 0.3) is 0 Å². The summed E-state index contributed by atoms with van der Waals surface area (Å²) in [6.07, 6.45) is 2.73. The molecule has 0 aliphatic carbocycles. The van der Waals surface area contributed by atoms with Crippen LogP contribution in [0.15, 0.2) is 54.6 Å². The monoisotopic (exact) mass is 256 g/mol. The first-order valence-corrected chi connectivity index (χ1v) is 6.75. The van der Waals surface area contributed by atoms with Gasteiger partial charge in [-0.3, -0.25) is 0 Å². The lowest BCUT2D eigenvalue weighted by atomic mass is 10.1. The summed E-state index contributed by atoms with van der Waals surface area (Å²) in [6.45, 7) is 0.898. The van der Waals surface area contributed by atoms with E-state index in [4.69, 9.17) is 9.84 Å². The van der Waals surface area contributed by atoms with Crippen molar-refractivity contribution in [3.63, 3.8) is 0 Å². The molecule has 2 aromatic rings. The van der Waals surface area contributed by atoms with Crippen LogP contribution in [0.1, 0.15) is 17.5 Å². The highest BCUT2D eigenvalue weighted by molar-refractivity contribution is 5.28. The fourth-order valence-electron chi connectivity index (χ4n) is 2.03. The molecule has 2 nitrogen and oxygen atoms in total. The van der Waals surface area contributed by atoms with Gasteiger partial charge in [0.1, 0.15) is 5.75 Å². The summed E-state index contributed by atoms with van der Waals surface area (Å²) in [6, 6.07) is 18.4. The smallest absolute Gasteiger partial charge is 0.119 e. The molecule has 0 aliphatic heterocycles. The van der Waals surface area contributed by atoms with Crippen molar-refractivity contribution in [1.29, 1.82) is 0 Å². The van der Waals surface area contributed by atoms with Crippen molar-refractivity contribution in [2.45, 2.75) is 19.3 Å². The van der Waals surface area contributed by atoms with Gasteiger partial charge in [0.05, 0.1) is 6.61 Å². The van der Waals surface area contributed by atoms with Gasteiger partial charge < -0.3 is 9.84 Å². The van der Waals surface area contributed by atoms with E-state index in [1.807, 2.05) is 30.3 Å². The molecule has 0 bridgehead atoms. The van der Waals surface area contributed by atoms with E-state index in [0.717, 1.165) is 30.8 Å². The zero-order valence-electron chi connectivity index (χ0n) is 11.1. The minimum atomic E-state index is 0.178. The third-order valence-electron chi connectivity index (χ3n) is 3.02. The Balaban J connectivity index is 1.75. The highest BCUT2D eigenvalue weighted by atomic mass is 16.5. The molecule has 0 unspecified atom stereocenters. The Morgan fingerprint density at radius 1 is 0.842 bits per heavy atom. The Bertz CT molecular complexity index is 480. The van der Waals surface area contributed by atoms with Crippen LogP contribution in [-0.4, -0.2) is 18.3 Å². The Morgan fingerprint density at radius 3 is 2.42 bits per heavy atom. The lowest BCUT2D eigenvalue weighted by Crippen LogP contribution is -2.00. The van der Waals surface area contributed by atoms with E-state index in [1.54, 1.807) is 0 Å². The SMILES string of the molecule is OCCc1cccc(OCCCc2ccccc2)c1. The molecule has 1 N–H and O–H groups in total. The second-order valence-electron chi connectivity index (χ2n) is 4.56. The molecule has 0 fully saturated rings. The number of benzene rings is 2. The first-order chi connectivity index (χ1) is 9.38. The second-order valence-corrected chi connectivity index (χ2v) is 4.56. The largest absolute Gasteiger partial charge is 0.494 e. The predicted molar refractivity (Wildman–Crippen MR) is 77.5 cm³/mol. The van der Waals surface area contributed by atoms with Crippen molar-refractivity contribution in [3.05, 3.63) is 65.7 Å². The van der Waals surface area contributed by atoms with Gasteiger partial charge in [0, 0.05) is 6.61 Å². The van der Waals surface area contributed by atoms with Crippen LogP contribution in [0, 0.1) is 0 Å². The summed E-state index contributed by atoms with van der Waals surface area (Å²) >= 11 is 0. The summed E-state index contributed by atoms with van der Waals surface area (Å²) in [5.41, 5.74) is 2.46. The van der Waals surface area contributed by atoms with Gasteiger partial charge in [0.2, 0.25) is 0 Å². The van der Waals surface area contributed by atoms with E-state index >= 15 is 0 Å². The fourth-order valence-corrected chi connectivity index (χ4v) is 2.03. The van der Waals surface area contributed by atoms with Gasteiger partial charge in [-0.25, -0.2) is 0 Å². The van der Waals surface area contributed by atoms with Gasteiger partial charge in [-0.2, -0.15) is 0 Å². The van der Waals surface area contributed by atoms with E-state index in [-0.39, 0.29) is 6.61 Å². The topological polar surface area (TPSA) is 29.5 Å². The molecule has 0 saturated heterocycles. The Labute approximate surface area is 114 Å². The number of ether oxygens (including phenoxy) is 1. The van der Waals surface area contributed by atoms with E-state index in [1.165, 1.54) is 5.56 Å². The third-order valence-corrected chi connectivity index (χ3v) is 3.02. The van der Waals surface area contributed by atoms with E-state index < -0.39 is 0 Å². The molecule has 0 saturated carbocycles. The molecule has 2 heteroatoms. The molecule has 0 aliphatic rings. The molecule has 0 spiro atoms. The van der Waals surface area contributed by atoms with Gasteiger partial charge in [0.15, 0.2) is 0 Å². The normalized spacial score (nSPS) is 10.4. The lowest BCUT2D eigenvalue weighted by Gasteiger charge is -2.07. The zero-order chi connectivity index (χ0) is 13.3. The summed E-state index contributed by atoms with van der Waals surface area (Å²) in [7, 11) is 0. The van der Waals surface area contributed by atoms with Gasteiger partial charge in [-0.1, -0.05) is 42.5 Å². The molecule has 2 rings (SSSR count). The summed E-state index contributed by atoms with van der Waals surface area (Å²) in [5.74, 6) is 0.888.